The fourth-order valence-electron chi connectivity index (χ4n) is 4.16. The van der Waals surface area contributed by atoms with E-state index in [1.807, 2.05) is 30.5 Å². The van der Waals surface area contributed by atoms with Gasteiger partial charge in [-0.25, -0.2) is 9.97 Å². The molecule has 3 heterocycles. The maximum absolute atomic E-state index is 11.4. The number of rotatable bonds is 8. The summed E-state index contributed by atoms with van der Waals surface area (Å²) in [6.45, 7) is 8.31. The molecule has 1 amide bonds. The first-order valence-corrected chi connectivity index (χ1v) is 11.5. The van der Waals surface area contributed by atoms with Crippen LogP contribution in [0.3, 0.4) is 0 Å². The standard InChI is InChI=1S/C24H33N7O/c1-4-31-13-10-19(11-14-31)28-21-16(2)15-27-24-22(21)29-23(30-24)17-5-7-18(8-6-17)26-12-9-20(32)25-3/h5-8,15,19,26H,4,9-14H2,1-3H3,(H,25,32)(H2,27,28,29,30). The molecule has 32 heavy (non-hydrogen) atoms. The highest BCUT2D eigenvalue weighted by Gasteiger charge is 2.20. The number of hydrogen-bond acceptors (Lipinski definition) is 6. The molecular formula is C24H33N7O. The predicted molar refractivity (Wildman–Crippen MR) is 130 cm³/mol. The maximum atomic E-state index is 11.4. The molecule has 0 radical (unpaired) electrons. The topological polar surface area (TPSA) is 98.0 Å². The first-order chi connectivity index (χ1) is 15.6. The molecule has 170 valence electrons. The van der Waals surface area contributed by atoms with Crippen molar-refractivity contribution in [2.24, 2.45) is 0 Å². The molecule has 2 aromatic heterocycles. The molecule has 0 saturated carbocycles. The van der Waals surface area contributed by atoms with E-state index in [-0.39, 0.29) is 5.91 Å². The van der Waals surface area contributed by atoms with Crippen molar-refractivity contribution in [3.63, 3.8) is 0 Å². The van der Waals surface area contributed by atoms with E-state index >= 15 is 0 Å². The Hall–Kier alpha value is -3.13. The number of anilines is 2. The Balaban J connectivity index is 1.49. The maximum Gasteiger partial charge on any atom is 0.221 e. The van der Waals surface area contributed by atoms with E-state index in [2.05, 4.69) is 44.7 Å². The zero-order valence-electron chi connectivity index (χ0n) is 19.2. The lowest BCUT2D eigenvalue weighted by Crippen LogP contribution is -2.39. The minimum atomic E-state index is 0.0273. The van der Waals surface area contributed by atoms with Crippen LogP contribution in [0.25, 0.3) is 22.6 Å². The lowest BCUT2D eigenvalue weighted by Gasteiger charge is -2.32. The highest BCUT2D eigenvalue weighted by Crippen LogP contribution is 2.29. The first kappa shape index (κ1) is 22.1. The van der Waals surface area contributed by atoms with Gasteiger partial charge in [0.25, 0.3) is 0 Å². The van der Waals surface area contributed by atoms with Gasteiger partial charge >= 0.3 is 0 Å². The number of H-pyrrole nitrogens is 1. The molecule has 8 nitrogen and oxygen atoms in total. The molecule has 4 N–H and O–H groups in total. The van der Waals surface area contributed by atoms with Crippen LogP contribution < -0.4 is 16.0 Å². The Morgan fingerprint density at radius 3 is 2.66 bits per heavy atom. The van der Waals surface area contributed by atoms with Gasteiger partial charge in [0, 0.05) is 56.6 Å². The van der Waals surface area contributed by atoms with Gasteiger partial charge in [-0.2, -0.15) is 0 Å². The van der Waals surface area contributed by atoms with Gasteiger partial charge in [0.15, 0.2) is 5.65 Å². The van der Waals surface area contributed by atoms with Crippen LogP contribution in [0.15, 0.2) is 30.5 Å². The van der Waals surface area contributed by atoms with E-state index in [9.17, 15) is 4.79 Å². The van der Waals surface area contributed by atoms with Crippen molar-refractivity contribution < 1.29 is 4.79 Å². The second-order valence-corrected chi connectivity index (χ2v) is 8.38. The molecule has 1 saturated heterocycles. The van der Waals surface area contributed by atoms with Gasteiger partial charge in [-0.05, 0) is 56.1 Å². The molecule has 1 aliphatic rings. The zero-order valence-corrected chi connectivity index (χ0v) is 19.2. The van der Waals surface area contributed by atoms with Gasteiger partial charge in [0.1, 0.15) is 11.3 Å². The Morgan fingerprint density at radius 1 is 1.22 bits per heavy atom. The van der Waals surface area contributed by atoms with Crippen molar-refractivity contribution in [1.29, 1.82) is 0 Å². The summed E-state index contributed by atoms with van der Waals surface area (Å²) in [5.74, 6) is 0.832. The van der Waals surface area contributed by atoms with Crippen LogP contribution in [0.2, 0.25) is 0 Å². The van der Waals surface area contributed by atoms with E-state index in [1.165, 1.54) is 0 Å². The number of benzene rings is 1. The molecule has 8 heteroatoms. The summed E-state index contributed by atoms with van der Waals surface area (Å²) in [4.78, 5) is 26.6. The van der Waals surface area contributed by atoms with Crippen molar-refractivity contribution in [3.8, 4) is 11.4 Å². The van der Waals surface area contributed by atoms with Gasteiger partial charge in [-0.3, -0.25) is 4.79 Å². The molecule has 1 aromatic carbocycles. The van der Waals surface area contributed by atoms with Crippen molar-refractivity contribution in [2.75, 3.05) is 43.9 Å². The number of aromatic nitrogens is 3. The second-order valence-electron chi connectivity index (χ2n) is 8.38. The van der Waals surface area contributed by atoms with Crippen LogP contribution in [0, 0.1) is 6.92 Å². The van der Waals surface area contributed by atoms with E-state index in [1.54, 1.807) is 7.05 Å². The average molecular weight is 436 g/mol. The van der Waals surface area contributed by atoms with Crippen LogP contribution in [-0.2, 0) is 4.79 Å². The van der Waals surface area contributed by atoms with Gasteiger partial charge in [-0.15, -0.1) is 0 Å². The molecule has 1 aliphatic heterocycles. The number of carbonyl (C=O) groups excluding carboxylic acids is 1. The third kappa shape index (κ3) is 5.02. The third-order valence-corrected chi connectivity index (χ3v) is 6.21. The molecule has 0 bridgehead atoms. The number of aromatic amines is 1. The fourth-order valence-corrected chi connectivity index (χ4v) is 4.16. The summed E-state index contributed by atoms with van der Waals surface area (Å²) in [6, 6.07) is 8.53. The smallest absolute Gasteiger partial charge is 0.221 e. The average Bonchev–Trinajstić information content (AvgIpc) is 3.26. The molecule has 0 atom stereocenters. The van der Waals surface area contributed by atoms with Gasteiger partial charge in [-0.1, -0.05) is 6.92 Å². The number of nitrogens with zero attached hydrogens (tertiary/aromatic N) is 3. The van der Waals surface area contributed by atoms with Gasteiger partial charge < -0.3 is 25.8 Å². The number of piperidine rings is 1. The van der Waals surface area contributed by atoms with Crippen LogP contribution >= 0.6 is 0 Å². The Bertz CT molecular complexity index is 1050. The number of nitrogens with one attached hydrogen (secondary N) is 4. The van der Waals surface area contributed by atoms with Crippen LogP contribution in [-0.4, -0.2) is 65.0 Å². The van der Waals surface area contributed by atoms with Crippen molar-refractivity contribution >= 4 is 28.4 Å². The predicted octanol–water partition coefficient (Wildman–Crippen LogP) is 3.38. The molecule has 0 spiro atoms. The fraction of sp³-hybridized carbons (Fsp3) is 0.458. The highest BCUT2D eigenvalue weighted by molar-refractivity contribution is 5.89. The Labute approximate surface area is 189 Å². The molecule has 0 unspecified atom stereocenters. The zero-order chi connectivity index (χ0) is 22.5. The van der Waals surface area contributed by atoms with E-state index < -0.39 is 0 Å². The summed E-state index contributed by atoms with van der Waals surface area (Å²) in [6.07, 6.45) is 4.63. The summed E-state index contributed by atoms with van der Waals surface area (Å²) >= 11 is 0. The lowest BCUT2D eigenvalue weighted by molar-refractivity contribution is -0.120. The van der Waals surface area contributed by atoms with Crippen LogP contribution in [0.5, 0.6) is 0 Å². The number of likely N-dealkylation sites (tertiary alicyclic amines) is 1. The normalized spacial score (nSPS) is 15.1. The highest BCUT2D eigenvalue weighted by atomic mass is 16.1. The number of imidazole rings is 1. The number of fused-ring (bicyclic) bond motifs is 1. The van der Waals surface area contributed by atoms with Crippen LogP contribution in [0.4, 0.5) is 11.4 Å². The number of pyridine rings is 1. The van der Waals surface area contributed by atoms with Crippen molar-refractivity contribution in [2.45, 2.75) is 39.2 Å². The third-order valence-electron chi connectivity index (χ3n) is 6.21. The lowest BCUT2D eigenvalue weighted by atomic mass is 10.0. The summed E-state index contributed by atoms with van der Waals surface area (Å²) in [5, 5.41) is 9.66. The van der Waals surface area contributed by atoms with E-state index in [0.29, 0.717) is 19.0 Å². The number of carbonyl (C=O) groups is 1. The number of hydrogen-bond donors (Lipinski definition) is 4. The Kier molecular flexibility index (Phi) is 6.90. The van der Waals surface area contributed by atoms with Gasteiger partial charge in [0.05, 0.1) is 5.69 Å². The molecular weight excluding hydrogens is 402 g/mol. The van der Waals surface area contributed by atoms with Crippen molar-refractivity contribution in [3.05, 3.63) is 36.0 Å². The molecule has 3 aromatic rings. The SMILES string of the molecule is CCN1CCC(Nc2c(C)cnc3nc(-c4ccc(NCCC(=O)NC)cc4)[nH]c23)CC1. The largest absolute Gasteiger partial charge is 0.385 e. The number of amides is 1. The van der Waals surface area contributed by atoms with E-state index in [0.717, 1.165) is 72.0 Å². The van der Waals surface area contributed by atoms with Gasteiger partial charge in [0.2, 0.25) is 5.91 Å². The number of aryl methyl sites for hydroxylation is 1. The molecule has 0 aliphatic carbocycles. The minimum absolute atomic E-state index is 0.0273. The quantitative estimate of drug-likeness (QED) is 0.433. The summed E-state index contributed by atoms with van der Waals surface area (Å²) in [7, 11) is 1.65. The molecule has 4 rings (SSSR count). The van der Waals surface area contributed by atoms with Crippen LogP contribution in [0.1, 0.15) is 31.7 Å². The minimum Gasteiger partial charge on any atom is -0.385 e. The van der Waals surface area contributed by atoms with E-state index in [4.69, 9.17) is 4.98 Å². The monoisotopic (exact) mass is 435 g/mol. The second kappa shape index (κ2) is 9.99. The molecule has 1 fully saturated rings. The summed E-state index contributed by atoms with van der Waals surface area (Å²) in [5.41, 5.74) is 5.90. The Morgan fingerprint density at radius 2 is 1.97 bits per heavy atom. The first-order valence-electron chi connectivity index (χ1n) is 11.5. The van der Waals surface area contributed by atoms with Crippen molar-refractivity contribution in [1.82, 2.24) is 25.2 Å². The summed E-state index contributed by atoms with van der Waals surface area (Å²) < 4.78 is 0.